The van der Waals surface area contributed by atoms with E-state index in [-0.39, 0.29) is 17.9 Å². The molecule has 4 nitrogen and oxygen atoms in total. The molecule has 0 amide bonds. The zero-order valence-corrected chi connectivity index (χ0v) is 7.91. The van der Waals surface area contributed by atoms with Gasteiger partial charge < -0.3 is 9.47 Å². The lowest BCUT2D eigenvalue weighted by Gasteiger charge is -2.06. The van der Waals surface area contributed by atoms with Crippen LogP contribution < -0.4 is 4.74 Å². The minimum atomic E-state index is -0.699. The van der Waals surface area contributed by atoms with Gasteiger partial charge in [0.1, 0.15) is 11.3 Å². The van der Waals surface area contributed by atoms with Crippen LogP contribution >= 0.6 is 0 Å². The Kier molecular flexibility index (Phi) is 3.39. The van der Waals surface area contributed by atoms with Crippen molar-refractivity contribution in [1.29, 1.82) is 0 Å². The number of hydrogen-bond donors (Lipinski definition) is 0. The number of aromatic nitrogens is 1. The molecule has 1 aromatic rings. The lowest BCUT2D eigenvalue weighted by atomic mass is 10.2. The Morgan fingerprint density at radius 3 is 2.93 bits per heavy atom. The van der Waals surface area contributed by atoms with Crippen molar-refractivity contribution < 1.29 is 18.7 Å². The number of carbonyl (C=O) groups is 1. The highest BCUT2D eigenvalue weighted by Crippen LogP contribution is 2.18. The van der Waals surface area contributed by atoms with E-state index in [0.717, 1.165) is 12.3 Å². The van der Waals surface area contributed by atoms with Gasteiger partial charge in [-0.3, -0.25) is 0 Å². The molecule has 0 saturated carbocycles. The first-order valence-electron chi connectivity index (χ1n) is 4.05. The number of nitrogens with zero attached hydrogens (tertiary/aromatic N) is 1. The number of halogens is 1. The summed E-state index contributed by atoms with van der Waals surface area (Å²) >= 11 is 0. The predicted octanol–water partition coefficient (Wildman–Crippen LogP) is 1.41. The van der Waals surface area contributed by atoms with E-state index in [4.69, 9.17) is 9.47 Å². The van der Waals surface area contributed by atoms with Gasteiger partial charge in [-0.25, -0.2) is 9.78 Å². The molecule has 0 aliphatic carbocycles. The van der Waals surface area contributed by atoms with E-state index < -0.39 is 11.9 Å². The Bertz CT molecular complexity index is 341. The van der Waals surface area contributed by atoms with Gasteiger partial charge in [0.15, 0.2) is 0 Å². The third kappa shape index (κ3) is 2.18. The van der Waals surface area contributed by atoms with Crippen LogP contribution in [0.4, 0.5) is 4.39 Å². The molecule has 0 spiro atoms. The summed E-state index contributed by atoms with van der Waals surface area (Å²) in [5, 5.41) is 0. The summed E-state index contributed by atoms with van der Waals surface area (Å²) in [6.45, 7) is 1.93. The van der Waals surface area contributed by atoms with Crippen molar-refractivity contribution in [2.45, 2.75) is 6.92 Å². The van der Waals surface area contributed by atoms with Crippen LogP contribution in [-0.4, -0.2) is 24.7 Å². The van der Waals surface area contributed by atoms with E-state index in [1.54, 1.807) is 6.92 Å². The number of rotatable bonds is 3. The van der Waals surface area contributed by atoms with Gasteiger partial charge in [0, 0.05) is 12.3 Å². The maximum absolute atomic E-state index is 12.6. The predicted molar refractivity (Wildman–Crippen MR) is 46.7 cm³/mol. The zero-order valence-electron chi connectivity index (χ0n) is 7.91. The molecule has 0 aliphatic heterocycles. The highest BCUT2D eigenvalue weighted by molar-refractivity contribution is 5.92. The van der Waals surface area contributed by atoms with Crippen LogP contribution in [0.1, 0.15) is 17.3 Å². The van der Waals surface area contributed by atoms with Gasteiger partial charge in [0.2, 0.25) is 5.95 Å². The van der Waals surface area contributed by atoms with Crippen molar-refractivity contribution in [3.8, 4) is 5.75 Å². The molecule has 0 aromatic carbocycles. The van der Waals surface area contributed by atoms with Gasteiger partial charge >= 0.3 is 5.97 Å². The van der Waals surface area contributed by atoms with Gasteiger partial charge in [-0.2, -0.15) is 4.39 Å². The van der Waals surface area contributed by atoms with Crippen molar-refractivity contribution >= 4 is 5.97 Å². The Labute approximate surface area is 80.7 Å². The molecule has 0 aliphatic rings. The first-order valence-corrected chi connectivity index (χ1v) is 4.05. The standard InChI is InChI=1S/C9H10FNO3/c1-3-14-9(12)6-5-11-8(10)4-7(6)13-2/h4-5H,3H2,1-2H3. The van der Waals surface area contributed by atoms with Crippen molar-refractivity contribution in [2.24, 2.45) is 0 Å². The average Bonchev–Trinajstić information content (AvgIpc) is 2.17. The Balaban J connectivity index is 3.01. The summed E-state index contributed by atoms with van der Waals surface area (Å²) in [5.74, 6) is -1.15. The molecule has 0 bridgehead atoms. The fraction of sp³-hybridized carbons (Fsp3) is 0.333. The normalized spacial score (nSPS) is 9.64. The molecular weight excluding hydrogens is 189 g/mol. The maximum Gasteiger partial charge on any atom is 0.343 e. The molecule has 0 unspecified atom stereocenters. The number of pyridine rings is 1. The highest BCUT2D eigenvalue weighted by Gasteiger charge is 2.14. The number of hydrogen-bond acceptors (Lipinski definition) is 4. The molecule has 0 saturated heterocycles. The Hall–Kier alpha value is -1.65. The molecule has 0 fully saturated rings. The van der Waals surface area contributed by atoms with Gasteiger partial charge in [-0.1, -0.05) is 0 Å². The monoisotopic (exact) mass is 199 g/mol. The summed E-state index contributed by atoms with van der Waals surface area (Å²) in [6, 6.07) is 1.03. The Morgan fingerprint density at radius 1 is 1.64 bits per heavy atom. The smallest absolute Gasteiger partial charge is 0.343 e. The third-order valence-corrected chi connectivity index (χ3v) is 1.55. The molecule has 5 heteroatoms. The van der Waals surface area contributed by atoms with Crippen molar-refractivity contribution in [3.63, 3.8) is 0 Å². The third-order valence-electron chi connectivity index (χ3n) is 1.55. The highest BCUT2D eigenvalue weighted by atomic mass is 19.1. The largest absolute Gasteiger partial charge is 0.496 e. The number of ether oxygens (including phenoxy) is 2. The minimum absolute atomic E-state index is 0.121. The topological polar surface area (TPSA) is 48.4 Å². The molecule has 1 heterocycles. The summed E-state index contributed by atoms with van der Waals surface area (Å²) in [6.07, 6.45) is 1.09. The average molecular weight is 199 g/mol. The van der Waals surface area contributed by atoms with Gasteiger partial charge in [0.25, 0.3) is 0 Å². The van der Waals surface area contributed by atoms with Gasteiger partial charge in [0.05, 0.1) is 13.7 Å². The molecule has 0 radical (unpaired) electrons. The summed E-state index contributed by atoms with van der Waals surface area (Å²) in [7, 11) is 1.34. The molecule has 1 aromatic heterocycles. The minimum Gasteiger partial charge on any atom is -0.496 e. The number of methoxy groups -OCH3 is 1. The van der Waals surface area contributed by atoms with E-state index in [9.17, 15) is 9.18 Å². The van der Waals surface area contributed by atoms with Gasteiger partial charge in [-0.05, 0) is 6.92 Å². The van der Waals surface area contributed by atoms with Crippen LogP contribution in [0.15, 0.2) is 12.3 Å². The zero-order chi connectivity index (χ0) is 10.6. The van der Waals surface area contributed by atoms with Crippen molar-refractivity contribution in [3.05, 3.63) is 23.8 Å². The van der Waals surface area contributed by atoms with Crippen LogP contribution in [0, 0.1) is 5.95 Å². The summed E-state index contributed by atoms with van der Waals surface area (Å²) in [5.41, 5.74) is 0.121. The van der Waals surface area contributed by atoms with Crippen LogP contribution in [-0.2, 0) is 4.74 Å². The fourth-order valence-corrected chi connectivity index (χ4v) is 0.944. The number of carbonyl (C=O) groups excluding carboxylic acids is 1. The van der Waals surface area contributed by atoms with E-state index >= 15 is 0 Å². The van der Waals surface area contributed by atoms with Crippen LogP contribution in [0.3, 0.4) is 0 Å². The quantitative estimate of drug-likeness (QED) is 0.545. The fourth-order valence-electron chi connectivity index (χ4n) is 0.944. The summed E-state index contributed by atoms with van der Waals surface area (Å²) in [4.78, 5) is 14.6. The lowest BCUT2D eigenvalue weighted by molar-refractivity contribution is 0.0522. The van der Waals surface area contributed by atoms with E-state index in [1.807, 2.05) is 0 Å². The maximum atomic E-state index is 12.6. The van der Waals surface area contributed by atoms with Crippen molar-refractivity contribution in [2.75, 3.05) is 13.7 Å². The number of esters is 1. The first-order chi connectivity index (χ1) is 6.69. The van der Waals surface area contributed by atoms with E-state index in [0.29, 0.717) is 0 Å². The van der Waals surface area contributed by atoms with E-state index in [2.05, 4.69) is 4.98 Å². The van der Waals surface area contributed by atoms with Gasteiger partial charge in [-0.15, -0.1) is 0 Å². The molecular formula is C9H10FNO3. The second-order valence-electron chi connectivity index (χ2n) is 2.43. The lowest BCUT2D eigenvalue weighted by Crippen LogP contribution is -2.07. The molecule has 0 N–H and O–H groups in total. The second-order valence-corrected chi connectivity index (χ2v) is 2.43. The summed E-state index contributed by atoms with van der Waals surface area (Å²) < 4.78 is 22.2. The molecule has 0 atom stereocenters. The first kappa shape index (κ1) is 10.4. The van der Waals surface area contributed by atoms with Crippen LogP contribution in [0.5, 0.6) is 5.75 Å². The van der Waals surface area contributed by atoms with Crippen LogP contribution in [0.25, 0.3) is 0 Å². The second kappa shape index (κ2) is 4.55. The van der Waals surface area contributed by atoms with Crippen molar-refractivity contribution in [1.82, 2.24) is 4.98 Å². The SMILES string of the molecule is CCOC(=O)c1cnc(F)cc1OC. The molecule has 1 rings (SSSR count). The Morgan fingerprint density at radius 2 is 2.36 bits per heavy atom. The van der Waals surface area contributed by atoms with E-state index in [1.165, 1.54) is 7.11 Å². The van der Waals surface area contributed by atoms with Crippen LogP contribution in [0.2, 0.25) is 0 Å². The molecule has 14 heavy (non-hydrogen) atoms. The molecule has 76 valence electrons.